The van der Waals surface area contributed by atoms with Crippen LogP contribution in [0.1, 0.15) is 24.2 Å². The van der Waals surface area contributed by atoms with Gasteiger partial charge >= 0.3 is 19.5 Å². The van der Waals surface area contributed by atoms with Crippen LogP contribution in [0.2, 0.25) is 0 Å². The van der Waals surface area contributed by atoms with Gasteiger partial charge in [-0.25, -0.2) is 13.7 Å². The average Bonchev–Trinajstić information content (AvgIpc) is 3.59. The Kier molecular flexibility index (Phi) is 5.74. The molecule has 0 spiro atoms. The normalized spacial score (nSPS) is 17.8. The Morgan fingerprint density at radius 2 is 1.72 bits per heavy atom. The van der Waals surface area contributed by atoms with Crippen molar-refractivity contribution in [2.45, 2.75) is 19.2 Å². The summed E-state index contributed by atoms with van der Waals surface area (Å²) in [6.07, 6.45) is -5.61. The van der Waals surface area contributed by atoms with Crippen LogP contribution in [0.3, 0.4) is 0 Å². The van der Waals surface area contributed by atoms with Gasteiger partial charge in [-0.15, -0.1) is 0 Å². The number of rotatable bonds is 8. The standard InChI is InChI=1S/C19H18F4N3O5P/c1-12(31-32(29,24-6-7-24)25-8-9-25)13-2-5-17(26(27)28)18(10-13)30-14-3-4-15(16(20)11-14)19(21,22)23/h2-5,10-12H,6-9H2,1H3. The van der Waals surface area contributed by atoms with Crippen LogP contribution in [0.25, 0.3) is 0 Å². The predicted molar refractivity (Wildman–Crippen MR) is 105 cm³/mol. The molecule has 4 rings (SSSR count). The van der Waals surface area contributed by atoms with Crippen molar-refractivity contribution in [2.75, 3.05) is 26.2 Å². The Hall–Kier alpha value is -2.53. The zero-order chi connectivity index (χ0) is 23.3. The van der Waals surface area contributed by atoms with Gasteiger partial charge in [-0.2, -0.15) is 13.2 Å². The highest BCUT2D eigenvalue weighted by atomic mass is 31.2. The Labute approximate surface area is 180 Å². The zero-order valence-corrected chi connectivity index (χ0v) is 17.6. The molecular formula is C19H18F4N3O5P. The number of hydrogen-bond donors (Lipinski definition) is 0. The van der Waals surface area contributed by atoms with E-state index in [2.05, 4.69) is 0 Å². The first-order valence-corrected chi connectivity index (χ1v) is 11.1. The van der Waals surface area contributed by atoms with Gasteiger partial charge in [0.1, 0.15) is 11.6 Å². The molecule has 0 bridgehead atoms. The molecule has 0 saturated carbocycles. The molecular weight excluding hydrogens is 457 g/mol. The molecule has 2 aromatic rings. The van der Waals surface area contributed by atoms with Crippen LogP contribution < -0.4 is 4.74 Å². The number of hydrogen-bond acceptors (Lipinski definition) is 5. The predicted octanol–water partition coefficient (Wildman–Crippen LogP) is 5.36. The van der Waals surface area contributed by atoms with Crippen LogP contribution in [0, 0.1) is 15.9 Å². The maximum absolute atomic E-state index is 13.9. The summed E-state index contributed by atoms with van der Waals surface area (Å²) in [5.74, 6) is -2.22. The number of benzene rings is 2. The monoisotopic (exact) mass is 475 g/mol. The summed E-state index contributed by atoms with van der Waals surface area (Å²) in [4.78, 5) is 10.6. The molecule has 0 N–H and O–H groups in total. The SMILES string of the molecule is CC(OP(=O)(N1CC1)N1CC1)c1ccc([N+](=O)[O-])c(Oc2ccc(C(F)(F)F)c(F)c2)c1. The van der Waals surface area contributed by atoms with Gasteiger partial charge in [0.15, 0.2) is 0 Å². The molecule has 13 heteroatoms. The van der Waals surface area contributed by atoms with E-state index in [-0.39, 0.29) is 11.5 Å². The second-order valence-electron chi connectivity index (χ2n) is 7.37. The van der Waals surface area contributed by atoms with Crippen LogP contribution >= 0.6 is 7.67 Å². The molecule has 8 nitrogen and oxygen atoms in total. The molecule has 0 amide bonds. The smallest absolute Gasteiger partial charge is 0.419 e. The quantitative estimate of drug-likeness (QED) is 0.167. The lowest BCUT2D eigenvalue weighted by molar-refractivity contribution is -0.385. The Balaban J connectivity index is 1.60. The van der Waals surface area contributed by atoms with E-state index >= 15 is 0 Å². The van der Waals surface area contributed by atoms with Crippen molar-refractivity contribution in [3.05, 3.63) is 63.5 Å². The third-order valence-electron chi connectivity index (χ3n) is 4.98. The van der Waals surface area contributed by atoms with Crippen molar-refractivity contribution < 1.29 is 36.3 Å². The van der Waals surface area contributed by atoms with Crippen LogP contribution in [0.5, 0.6) is 11.5 Å². The minimum Gasteiger partial charge on any atom is -0.450 e. The summed E-state index contributed by atoms with van der Waals surface area (Å²) >= 11 is 0. The highest BCUT2D eigenvalue weighted by molar-refractivity contribution is 7.54. The first-order chi connectivity index (χ1) is 15.0. The second-order valence-corrected chi connectivity index (χ2v) is 9.69. The van der Waals surface area contributed by atoms with E-state index in [1.807, 2.05) is 0 Å². The average molecular weight is 475 g/mol. The van der Waals surface area contributed by atoms with Crippen molar-refractivity contribution in [1.82, 2.24) is 9.34 Å². The van der Waals surface area contributed by atoms with Gasteiger partial charge in [0.05, 0.1) is 16.6 Å². The summed E-state index contributed by atoms with van der Waals surface area (Å²) < 4.78 is 80.0. The Morgan fingerprint density at radius 1 is 1.09 bits per heavy atom. The van der Waals surface area contributed by atoms with Gasteiger partial charge in [0.25, 0.3) is 0 Å². The maximum Gasteiger partial charge on any atom is 0.419 e. The van der Waals surface area contributed by atoms with Crippen LogP contribution in [0.15, 0.2) is 36.4 Å². The fourth-order valence-corrected chi connectivity index (χ4v) is 5.45. The van der Waals surface area contributed by atoms with Crippen molar-refractivity contribution in [3.8, 4) is 11.5 Å². The fraction of sp³-hybridized carbons (Fsp3) is 0.368. The Morgan fingerprint density at radius 3 is 2.22 bits per heavy atom. The highest BCUT2D eigenvalue weighted by Crippen LogP contribution is 2.63. The minimum atomic E-state index is -4.88. The molecule has 1 atom stereocenters. The van der Waals surface area contributed by atoms with Gasteiger partial charge in [-0.1, -0.05) is 0 Å². The third kappa shape index (κ3) is 4.63. The number of ether oxygens (including phenoxy) is 1. The summed E-state index contributed by atoms with van der Waals surface area (Å²) in [7, 11) is -3.17. The summed E-state index contributed by atoms with van der Waals surface area (Å²) in [5.41, 5.74) is -1.54. The lowest BCUT2D eigenvalue weighted by Crippen LogP contribution is -2.10. The van der Waals surface area contributed by atoms with Gasteiger partial charge in [0, 0.05) is 38.3 Å². The van der Waals surface area contributed by atoms with Crippen molar-refractivity contribution in [1.29, 1.82) is 0 Å². The van der Waals surface area contributed by atoms with E-state index in [0.29, 0.717) is 43.9 Å². The van der Waals surface area contributed by atoms with Gasteiger partial charge in [-0.05, 0) is 36.8 Å². The first kappa shape index (κ1) is 22.7. The molecule has 2 aromatic carbocycles. The fourth-order valence-electron chi connectivity index (χ4n) is 3.11. The lowest BCUT2D eigenvalue weighted by Gasteiger charge is -2.24. The summed E-state index contributed by atoms with van der Waals surface area (Å²) in [6.45, 7) is 4.22. The molecule has 1 unspecified atom stereocenters. The zero-order valence-electron chi connectivity index (χ0n) is 16.7. The summed E-state index contributed by atoms with van der Waals surface area (Å²) in [6, 6.07) is 5.71. The molecule has 32 heavy (non-hydrogen) atoms. The van der Waals surface area contributed by atoms with Crippen molar-refractivity contribution in [2.24, 2.45) is 0 Å². The van der Waals surface area contributed by atoms with E-state index in [9.17, 15) is 32.2 Å². The van der Waals surface area contributed by atoms with E-state index in [1.54, 1.807) is 16.3 Å². The lowest BCUT2D eigenvalue weighted by atomic mass is 10.1. The number of alkyl halides is 3. The molecule has 0 aliphatic carbocycles. The molecule has 0 aromatic heterocycles. The second kappa shape index (κ2) is 8.11. The van der Waals surface area contributed by atoms with E-state index in [4.69, 9.17) is 9.26 Å². The molecule has 0 radical (unpaired) electrons. The third-order valence-corrected chi connectivity index (χ3v) is 7.80. The number of nitrogens with zero attached hydrogens (tertiary/aromatic N) is 3. The van der Waals surface area contributed by atoms with Crippen molar-refractivity contribution in [3.63, 3.8) is 0 Å². The van der Waals surface area contributed by atoms with Gasteiger partial charge < -0.3 is 4.74 Å². The van der Waals surface area contributed by atoms with E-state index in [0.717, 1.165) is 12.1 Å². The summed E-state index contributed by atoms with van der Waals surface area (Å²) in [5, 5.41) is 11.4. The number of halogens is 4. The van der Waals surface area contributed by atoms with Crippen LogP contribution in [0.4, 0.5) is 23.2 Å². The Bertz CT molecular complexity index is 1090. The van der Waals surface area contributed by atoms with Gasteiger partial charge in [0.2, 0.25) is 5.75 Å². The van der Waals surface area contributed by atoms with Gasteiger partial charge in [-0.3, -0.25) is 19.2 Å². The number of nitro groups is 1. The molecule has 2 aliphatic heterocycles. The first-order valence-electron chi connectivity index (χ1n) is 9.61. The molecule has 2 fully saturated rings. The molecule has 2 saturated heterocycles. The van der Waals surface area contributed by atoms with Crippen LogP contribution in [-0.2, 0) is 15.3 Å². The molecule has 172 valence electrons. The largest absolute Gasteiger partial charge is 0.450 e. The van der Waals surface area contributed by atoms with E-state index in [1.165, 1.54) is 12.1 Å². The topological polar surface area (TPSA) is 84.7 Å². The minimum absolute atomic E-state index is 0.310. The molecule has 2 aliphatic rings. The number of nitro benzene ring substituents is 1. The highest BCUT2D eigenvalue weighted by Gasteiger charge is 2.50. The maximum atomic E-state index is 13.9. The van der Waals surface area contributed by atoms with Crippen LogP contribution in [-0.4, -0.2) is 40.4 Å². The van der Waals surface area contributed by atoms with E-state index < -0.39 is 41.9 Å². The van der Waals surface area contributed by atoms with Crippen molar-refractivity contribution >= 4 is 13.4 Å². The molecule has 2 heterocycles.